The molecule has 1 heterocycles. The molecule has 1 fully saturated rings. The van der Waals surface area contributed by atoms with Gasteiger partial charge in [-0.1, -0.05) is 26.2 Å². The molecule has 21 heavy (non-hydrogen) atoms. The number of likely N-dealkylation sites (N-methyl/N-ethyl adjacent to an activating group) is 1. The fourth-order valence-corrected chi connectivity index (χ4v) is 3.96. The summed E-state index contributed by atoms with van der Waals surface area (Å²) in [6.07, 6.45) is 5.69. The molecule has 0 bridgehead atoms. The average molecular weight is 312 g/mol. The molecule has 0 aliphatic heterocycles. The van der Waals surface area contributed by atoms with Gasteiger partial charge in [0.15, 0.2) is 0 Å². The highest BCUT2D eigenvalue weighted by Gasteiger charge is 2.26. The van der Waals surface area contributed by atoms with Crippen LogP contribution in [0.3, 0.4) is 0 Å². The molecule has 0 atom stereocenters. The van der Waals surface area contributed by atoms with E-state index in [0.29, 0.717) is 23.9 Å². The average Bonchev–Trinajstić information content (AvgIpc) is 2.92. The van der Waals surface area contributed by atoms with Crippen LogP contribution in [-0.4, -0.2) is 45.8 Å². The fourth-order valence-electron chi connectivity index (χ4n) is 2.93. The summed E-state index contributed by atoms with van der Waals surface area (Å²) in [4.78, 5) is 18.6. The van der Waals surface area contributed by atoms with E-state index in [4.69, 9.17) is 5.11 Å². The lowest BCUT2D eigenvalue weighted by molar-refractivity contribution is 0.0700. The van der Waals surface area contributed by atoms with Crippen molar-refractivity contribution in [3.63, 3.8) is 0 Å². The molecule has 0 saturated heterocycles. The number of aliphatic hydroxyl groups excluding tert-OH is 1. The molecule has 1 aromatic rings. The van der Waals surface area contributed by atoms with E-state index in [1.54, 1.807) is 0 Å². The van der Waals surface area contributed by atoms with Gasteiger partial charge in [0.05, 0.1) is 18.8 Å². The maximum atomic E-state index is 11.5. The molecule has 0 radical (unpaired) electrons. The van der Waals surface area contributed by atoms with E-state index in [1.807, 2.05) is 6.92 Å². The van der Waals surface area contributed by atoms with Crippen LogP contribution in [-0.2, 0) is 6.54 Å². The molecule has 0 spiro atoms. The normalized spacial score (nSPS) is 16.5. The maximum absolute atomic E-state index is 11.5. The lowest BCUT2D eigenvalue weighted by Gasteiger charge is -2.20. The number of rotatable bonds is 7. The Labute approximate surface area is 129 Å². The molecule has 2 N–H and O–H groups in total. The van der Waals surface area contributed by atoms with Crippen LogP contribution in [0.5, 0.6) is 0 Å². The van der Waals surface area contributed by atoms with Gasteiger partial charge in [-0.25, -0.2) is 9.78 Å². The zero-order chi connectivity index (χ0) is 15.2. The van der Waals surface area contributed by atoms with Gasteiger partial charge < -0.3 is 10.2 Å². The van der Waals surface area contributed by atoms with Crippen LogP contribution in [0.4, 0.5) is 0 Å². The summed E-state index contributed by atoms with van der Waals surface area (Å²) < 4.78 is 0. The Morgan fingerprint density at radius 2 is 2.10 bits per heavy atom. The van der Waals surface area contributed by atoms with Crippen LogP contribution in [0.15, 0.2) is 0 Å². The van der Waals surface area contributed by atoms with Gasteiger partial charge in [0, 0.05) is 12.5 Å². The third kappa shape index (κ3) is 4.25. The van der Waals surface area contributed by atoms with Crippen LogP contribution in [0.2, 0.25) is 0 Å². The van der Waals surface area contributed by atoms with Crippen molar-refractivity contribution in [3.8, 4) is 0 Å². The van der Waals surface area contributed by atoms with Crippen molar-refractivity contribution in [1.29, 1.82) is 0 Å². The van der Waals surface area contributed by atoms with Crippen LogP contribution in [0, 0.1) is 0 Å². The fraction of sp³-hybridized carbons (Fsp3) is 0.733. The van der Waals surface area contributed by atoms with Gasteiger partial charge in [-0.15, -0.1) is 11.3 Å². The first-order valence-electron chi connectivity index (χ1n) is 7.71. The van der Waals surface area contributed by atoms with Crippen molar-refractivity contribution in [2.75, 3.05) is 19.7 Å². The van der Waals surface area contributed by atoms with Crippen LogP contribution in [0.25, 0.3) is 0 Å². The van der Waals surface area contributed by atoms with Crippen LogP contribution >= 0.6 is 11.3 Å². The van der Waals surface area contributed by atoms with Crippen molar-refractivity contribution >= 4 is 17.3 Å². The number of aromatic carboxylic acids is 1. The summed E-state index contributed by atoms with van der Waals surface area (Å²) in [5, 5.41) is 19.3. The molecule has 1 aliphatic carbocycles. The minimum absolute atomic E-state index is 0.112. The largest absolute Gasteiger partial charge is 0.477 e. The summed E-state index contributed by atoms with van der Waals surface area (Å²) in [6.45, 7) is 4.18. The first kappa shape index (κ1) is 16.4. The molecule has 5 nitrogen and oxygen atoms in total. The molecular weight excluding hydrogens is 288 g/mol. The molecule has 0 amide bonds. The van der Waals surface area contributed by atoms with Gasteiger partial charge in [0.1, 0.15) is 9.88 Å². The smallest absolute Gasteiger partial charge is 0.347 e. The summed E-state index contributed by atoms with van der Waals surface area (Å²) in [6, 6.07) is 0. The molecule has 1 aliphatic rings. The Hall–Kier alpha value is -0.980. The number of carbonyl (C=O) groups is 1. The van der Waals surface area contributed by atoms with Gasteiger partial charge in [-0.3, -0.25) is 4.90 Å². The zero-order valence-electron chi connectivity index (χ0n) is 12.5. The minimum Gasteiger partial charge on any atom is -0.477 e. The Morgan fingerprint density at radius 1 is 1.38 bits per heavy atom. The molecule has 2 rings (SSSR count). The van der Waals surface area contributed by atoms with E-state index in [1.165, 1.54) is 30.6 Å². The van der Waals surface area contributed by atoms with Gasteiger partial charge in [-0.2, -0.15) is 0 Å². The molecule has 1 saturated carbocycles. The first-order chi connectivity index (χ1) is 10.2. The third-order valence-electron chi connectivity index (χ3n) is 4.11. The van der Waals surface area contributed by atoms with Gasteiger partial charge in [-0.05, 0) is 19.4 Å². The van der Waals surface area contributed by atoms with E-state index >= 15 is 0 Å². The van der Waals surface area contributed by atoms with Gasteiger partial charge in [0.25, 0.3) is 0 Å². The minimum atomic E-state index is -0.857. The summed E-state index contributed by atoms with van der Waals surface area (Å²) in [5.74, 6) is -0.549. The van der Waals surface area contributed by atoms with E-state index < -0.39 is 5.97 Å². The van der Waals surface area contributed by atoms with Crippen molar-refractivity contribution in [1.82, 2.24) is 9.88 Å². The SMILES string of the molecule is CCN(CCO)Cc1nc(C2CCCCC2)c(C(=O)O)s1. The summed E-state index contributed by atoms with van der Waals surface area (Å²) in [5.41, 5.74) is 0.794. The summed E-state index contributed by atoms with van der Waals surface area (Å²) in [7, 11) is 0. The van der Waals surface area contributed by atoms with Crippen molar-refractivity contribution in [2.24, 2.45) is 0 Å². The van der Waals surface area contributed by atoms with Gasteiger partial charge in [0.2, 0.25) is 0 Å². The predicted molar refractivity (Wildman–Crippen MR) is 82.9 cm³/mol. The second kappa shape index (κ2) is 7.87. The van der Waals surface area contributed by atoms with Gasteiger partial charge >= 0.3 is 5.97 Å². The maximum Gasteiger partial charge on any atom is 0.347 e. The Kier molecular flexibility index (Phi) is 6.14. The van der Waals surface area contributed by atoms with E-state index in [-0.39, 0.29) is 6.61 Å². The van der Waals surface area contributed by atoms with Crippen molar-refractivity contribution in [3.05, 3.63) is 15.6 Å². The standard InChI is InChI=1S/C15H24N2O3S/c1-2-17(8-9-18)10-12-16-13(14(21-12)15(19)20)11-6-4-3-5-7-11/h11,18H,2-10H2,1H3,(H,19,20). The van der Waals surface area contributed by atoms with Crippen molar-refractivity contribution < 1.29 is 15.0 Å². The molecule has 118 valence electrons. The van der Waals surface area contributed by atoms with Crippen LogP contribution in [0.1, 0.15) is 65.3 Å². The Balaban J connectivity index is 2.17. The summed E-state index contributed by atoms with van der Waals surface area (Å²) >= 11 is 1.30. The van der Waals surface area contributed by atoms with E-state index in [0.717, 1.165) is 30.1 Å². The first-order valence-corrected chi connectivity index (χ1v) is 8.53. The highest BCUT2D eigenvalue weighted by Crippen LogP contribution is 2.36. The molecular formula is C15H24N2O3S. The molecule has 6 heteroatoms. The second-order valence-electron chi connectivity index (χ2n) is 5.55. The topological polar surface area (TPSA) is 73.7 Å². The van der Waals surface area contributed by atoms with Crippen molar-refractivity contribution in [2.45, 2.75) is 51.5 Å². The third-order valence-corrected chi connectivity index (χ3v) is 5.15. The number of hydrogen-bond donors (Lipinski definition) is 2. The molecule has 0 unspecified atom stereocenters. The molecule has 1 aromatic heterocycles. The number of nitrogens with zero attached hydrogens (tertiary/aromatic N) is 2. The lowest BCUT2D eigenvalue weighted by Crippen LogP contribution is -2.26. The Morgan fingerprint density at radius 3 is 2.67 bits per heavy atom. The molecule has 0 aromatic carbocycles. The number of thiazole rings is 1. The van der Waals surface area contributed by atoms with E-state index in [2.05, 4.69) is 9.88 Å². The number of carboxylic acids is 1. The number of hydrogen-bond acceptors (Lipinski definition) is 5. The van der Waals surface area contributed by atoms with E-state index in [9.17, 15) is 9.90 Å². The monoisotopic (exact) mass is 312 g/mol. The highest BCUT2D eigenvalue weighted by molar-refractivity contribution is 7.13. The Bertz CT molecular complexity index is 469. The van der Waals surface area contributed by atoms with Crippen LogP contribution < -0.4 is 0 Å². The quantitative estimate of drug-likeness (QED) is 0.810. The number of aromatic nitrogens is 1. The number of carboxylic acid groups (broad SMARTS) is 1. The second-order valence-corrected chi connectivity index (χ2v) is 6.64. The zero-order valence-corrected chi connectivity index (χ0v) is 13.4. The lowest BCUT2D eigenvalue weighted by atomic mass is 9.86. The number of aliphatic hydroxyl groups is 1. The highest BCUT2D eigenvalue weighted by atomic mass is 32.1. The predicted octanol–water partition coefficient (Wildman–Crippen LogP) is 2.70.